The molecule has 3 aliphatic rings. The van der Waals surface area contributed by atoms with Crippen molar-refractivity contribution in [1.29, 1.82) is 5.41 Å². The highest BCUT2D eigenvalue weighted by Crippen LogP contribution is 2.45. The van der Waals surface area contributed by atoms with Gasteiger partial charge < -0.3 is 14.8 Å². The third-order valence-corrected chi connectivity index (χ3v) is 11.2. The number of likely N-dealkylation sites (N-methyl/N-ethyl adjacent to an activating group) is 1. The van der Waals surface area contributed by atoms with Gasteiger partial charge in [-0.1, -0.05) is 91.6 Å². The van der Waals surface area contributed by atoms with Crippen LogP contribution in [0.15, 0.2) is 140 Å². The van der Waals surface area contributed by atoms with Gasteiger partial charge in [0.25, 0.3) is 0 Å². The topological polar surface area (TPSA) is 44.1 Å². The first-order valence-corrected chi connectivity index (χ1v) is 17.8. The van der Waals surface area contributed by atoms with E-state index in [1.807, 2.05) is 0 Å². The van der Waals surface area contributed by atoms with Gasteiger partial charge in [0.05, 0.1) is 16.7 Å². The van der Waals surface area contributed by atoms with E-state index in [2.05, 4.69) is 155 Å². The van der Waals surface area contributed by atoms with Gasteiger partial charge in [0.2, 0.25) is 0 Å². The van der Waals surface area contributed by atoms with Crippen molar-refractivity contribution in [1.82, 2.24) is 9.88 Å². The highest BCUT2D eigenvalue weighted by atomic mass is 32.1. The van der Waals surface area contributed by atoms with Crippen LogP contribution in [0, 0.1) is 5.41 Å². The van der Waals surface area contributed by atoms with Crippen molar-refractivity contribution in [3.05, 3.63) is 156 Å². The molecular weight excluding hydrogens is 617 g/mol. The molecular formula is C44H36N4S. The molecule has 1 atom stereocenters. The van der Waals surface area contributed by atoms with Crippen molar-refractivity contribution >= 4 is 72.1 Å². The number of allylic oxidation sites excluding steroid dienone is 6. The fraction of sp³-hybridized carbons (Fsp3) is 0.114. The molecule has 2 N–H and O–H groups in total. The molecule has 5 heteroatoms. The molecule has 0 spiro atoms. The molecule has 49 heavy (non-hydrogen) atoms. The summed E-state index contributed by atoms with van der Waals surface area (Å²) in [6.07, 6.45) is 20.2. The summed E-state index contributed by atoms with van der Waals surface area (Å²) >= 11 is 1.76. The van der Waals surface area contributed by atoms with Crippen molar-refractivity contribution in [3.63, 3.8) is 0 Å². The number of aromatic nitrogens is 1. The standard InChI is InChI=1S/C44H36N4S/c1-28-35-25-29(30-22-24-39-36(26-30)33-17-9-11-19-38(33)48(39)32-15-7-4-8-16-32)21-23-37(35)47(2)40(44(45)46-31-13-5-3-6-14-31)27-42-43(28)34-18-10-12-20-41(34)49-42/h3-7,9-13,15,17-27,31H,1,8,14,16H2,2H3,(H2,45,46)/b40-27-. The van der Waals surface area contributed by atoms with Gasteiger partial charge in [-0.25, -0.2) is 0 Å². The maximum Gasteiger partial charge on any atom is 0.142 e. The summed E-state index contributed by atoms with van der Waals surface area (Å²) in [5.74, 6) is 0.406. The molecule has 2 aromatic heterocycles. The first kappa shape index (κ1) is 29.5. The van der Waals surface area contributed by atoms with Gasteiger partial charge in [0.15, 0.2) is 0 Å². The Morgan fingerprint density at radius 3 is 2.49 bits per heavy atom. The second-order valence-corrected chi connectivity index (χ2v) is 14.1. The van der Waals surface area contributed by atoms with Crippen molar-refractivity contribution in [3.8, 4) is 11.1 Å². The number of hydrogen-bond acceptors (Lipinski definition) is 3. The summed E-state index contributed by atoms with van der Waals surface area (Å²) in [6.45, 7) is 4.75. The molecule has 1 aliphatic heterocycles. The number of hydrogen-bond donors (Lipinski definition) is 2. The summed E-state index contributed by atoms with van der Waals surface area (Å²) in [5.41, 5.74) is 11.2. The molecule has 0 radical (unpaired) electrons. The van der Waals surface area contributed by atoms with Gasteiger partial charge in [0.1, 0.15) is 5.84 Å². The Labute approximate surface area is 290 Å². The number of benzene rings is 4. The van der Waals surface area contributed by atoms with Crippen LogP contribution < -0.4 is 10.2 Å². The highest BCUT2D eigenvalue weighted by Gasteiger charge is 2.26. The molecule has 0 saturated carbocycles. The van der Waals surface area contributed by atoms with Crippen LogP contribution in [0.4, 0.5) is 5.69 Å². The van der Waals surface area contributed by atoms with Gasteiger partial charge in [0, 0.05) is 61.3 Å². The molecule has 1 unspecified atom stereocenters. The third-order valence-electron chi connectivity index (χ3n) is 10.1. The van der Waals surface area contributed by atoms with E-state index in [0.717, 1.165) is 57.8 Å². The molecule has 9 rings (SSSR count). The Balaban J connectivity index is 1.19. The van der Waals surface area contributed by atoms with Crippen LogP contribution in [0.3, 0.4) is 0 Å². The molecule has 6 aromatic rings. The molecule has 2 aliphatic carbocycles. The molecule has 238 valence electrons. The Bertz CT molecular complexity index is 2510. The maximum absolute atomic E-state index is 9.28. The fourth-order valence-corrected chi connectivity index (χ4v) is 8.81. The van der Waals surface area contributed by atoms with Gasteiger partial charge >= 0.3 is 0 Å². The lowest BCUT2D eigenvalue weighted by molar-refractivity contribution is 0.728. The minimum atomic E-state index is 0.0858. The largest absolute Gasteiger partial charge is 0.362 e. The van der Waals surface area contributed by atoms with Crippen LogP contribution in [0.1, 0.15) is 35.3 Å². The Morgan fingerprint density at radius 1 is 0.857 bits per heavy atom. The van der Waals surface area contributed by atoms with E-state index in [1.165, 1.54) is 43.2 Å². The van der Waals surface area contributed by atoms with Crippen molar-refractivity contribution in [2.45, 2.75) is 25.3 Å². The number of nitrogens with zero attached hydrogens (tertiary/aromatic N) is 2. The average molecular weight is 653 g/mol. The zero-order chi connectivity index (χ0) is 33.1. The third kappa shape index (κ3) is 4.92. The van der Waals surface area contributed by atoms with Gasteiger partial charge in [-0.2, -0.15) is 0 Å². The Hall–Kier alpha value is -5.65. The normalized spacial score (nSPS) is 18.2. The minimum Gasteiger partial charge on any atom is -0.362 e. The average Bonchev–Trinajstić information content (AvgIpc) is 3.68. The SMILES string of the molecule is C=C1c2cc(-c3ccc4c(c3)c3ccccc3n4C3=CC=CCC3)ccc2N(C)/C(C(=N)NC2C=CC=CC2)=C\c2sc3ccccc3c21. The molecule has 4 aromatic carbocycles. The van der Waals surface area contributed by atoms with Crippen LogP contribution in [0.5, 0.6) is 0 Å². The number of rotatable bonds is 4. The van der Waals surface area contributed by atoms with E-state index in [-0.39, 0.29) is 6.04 Å². The zero-order valence-electron chi connectivity index (χ0n) is 27.4. The van der Waals surface area contributed by atoms with Crippen LogP contribution >= 0.6 is 11.3 Å². The number of nitrogens with one attached hydrogen (secondary N) is 2. The zero-order valence-corrected chi connectivity index (χ0v) is 28.2. The predicted octanol–water partition coefficient (Wildman–Crippen LogP) is 11.2. The number of amidine groups is 1. The van der Waals surface area contributed by atoms with E-state index in [1.54, 1.807) is 11.3 Å². The number of fused-ring (bicyclic) bond motifs is 7. The lowest BCUT2D eigenvalue weighted by atomic mass is 9.90. The van der Waals surface area contributed by atoms with Crippen molar-refractivity contribution in [2.24, 2.45) is 0 Å². The fourth-order valence-electron chi connectivity index (χ4n) is 7.64. The Morgan fingerprint density at radius 2 is 1.65 bits per heavy atom. The predicted molar refractivity (Wildman–Crippen MR) is 211 cm³/mol. The lowest BCUT2D eigenvalue weighted by Gasteiger charge is -2.30. The lowest BCUT2D eigenvalue weighted by Crippen LogP contribution is -2.38. The number of para-hydroxylation sites is 1. The van der Waals surface area contributed by atoms with Crippen LogP contribution in [-0.4, -0.2) is 23.5 Å². The first-order valence-electron chi connectivity index (χ1n) is 16.9. The van der Waals surface area contributed by atoms with Crippen LogP contribution in [0.25, 0.3) is 60.4 Å². The van der Waals surface area contributed by atoms with E-state index in [0.29, 0.717) is 5.84 Å². The van der Waals surface area contributed by atoms with Gasteiger partial charge in [-0.15, -0.1) is 11.3 Å². The highest BCUT2D eigenvalue weighted by molar-refractivity contribution is 7.20. The number of anilines is 1. The Kier molecular flexibility index (Phi) is 7.10. The summed E-state index contributed by atoms with van der Waals surface area (Å²) in [4.78, 5) is 3.27. The molecule has 0 saturated heterocycles. The quantitative estimate of drug-likeness (QED) is 0.147. The van der Waals surface area contributed by atoms with Gasteiger partial charge in [-0.3, -0.25) is 5.41 Å². The maximum atomic E-state index is 9.28. The monoisotopic (exact) mass is 652 g/mol. The van der Waals surface area contributed by atoms with E-state index >= 15 is 0 Å². The first-order chi connectivity index (χ1) is 24.0. The van der Waals surface area contributed by atoms with Crippen LogP contribution in [-0.2, 0) is 0 Å². The summed E-state index contributed by atoms with van der Waals surface area (Å²) < 4.78 is 3.66. The summed E-state index contributed by atoms with van der Waals surface area (Å²) in [7, 11) is 2.07. The minimum absolute atomic E-state index is 0.0858. The summed E-state index contributed by atoms with van der Waals surface area (Å²) in [5, 5.41) is 16.5. The molecule has 4 nitrogen and oxygen atoms in total. The van der Waals surface area contributed by atoms with Crippen molar-refractivity contribution < 1.29 is 0 Å². The second-order valence-electron chi connectivity index (χ2n) is 13.0. The van der Waals surface area contributed by atoms with E-state index in [4.69, 9.17) is 6.58 Å². The smallest absolute Gasteiger partial charge is 0.142 e. The molecule has 0 fully saturated rings. The van der Waals surface area contributed by atoms with Crippen LogP contribution in [0.2, 0.25) is 0 Å². The molecule has 0 amide bonds. The second kappa shape index (κ2) is 11.8. The summed E-state index contributed by atoms with van der Waals surface area (Å²) in [6, 6.07) is 31.0. The van der Waals surface area contributed by atoms with Crippen molar-refractivity contribution in [2.75, 3.05) is 11.9 Å². The molecule has 0 bridgehead atoms. The van der Waals surface area contributed by atoms with Gasteiger partial charge in [-0.05, 0) is 84.5 Å². The number of thiophene rings is 1. The van der Waals surface area contributed by atoms with E-state index in [9.17, 15) is 5.41 Å². The van der Waals surface area contributed by atoms with E-state index < -0.39 is 0 Å². The molecule has 3 heterocycles.